The number of rotatable bonds is 19. The van der Waals surface area contributed by atoms with Crippen molar-refractivity contribution in [2.45, 2.75) is 135 Å². The number of benzene rings is 10. The topological polar surface area (TPSA) is 207 Å². The number of ether oxygens (including phenoxy) is 3. The number of aliphatic hydroxyl groups is 4. The molecule has 0 heterocycles. The van der Waals surface area contributed by atoms with Gasteiger partial charge in [0.05, 0.1) is 46.2 Å². The first-order valence-electron chi connectivity index (χ1n) is 48.4. The van der Waals surface area contributed by atoms with Crippen LogP contribution in [0.1, 0.15) is 132 Å². The summed E-state index contributed by atoms with van der Waals surface area (Å²) in [5, 5.41) is 51.5. The van der Waals surface area contributed by atoms with E-state index >= 15 is 0 Å². The normalized spacial score (nSPS) is 9.48. The van der Waals surface area contributed by atoms with E-state index in [9.17, 15) is 4.39 Å². The molecule has 10 aromatic carbocycles. The number of terminal acetylenes is 4. The summed E-state index contributed by atoms with van der Waals surface area (Å²) in [4.78, 5) is 22.5. The van der Waals surface area contributed by atoms with Crippen molar-refractivity contribution in [2.24, 2.45) is 0 Å². The van der Waals surface area contributed by atoms with Gasteiger partial charge in [0.1, 0.15) is 38.1 Å². The van der Waals surface area contributed by atoms with E-state index in [0.717, 1.165) is 79.3 Å². The molecule has 0 aromatic heterocycles. The number of carbonyl (C=O) groups is 2. The second-order valence-electron chi connectivity index (χ2n) is 31.7. The van der Waals surface area contributed by atoms with Crippen molar-refractivity contribution in [1.29, 1.82) is 0 Å². The minimum atomic E-state index is -1.33. The Morgan fingerprint density at radius 2 is 0.567 bits per heavy atom. The zero-order valence-electron chi connectivity index (χ0n) is 98.9. The van der Waals surface area contributed by atoms with E-state index < -0.39 is 32.3 Å². The molecule has 0 saturated heterocycles. The van der Waals surface area contributed by atoms with E-state index in [1.165, 1.54) is 174 Å². The molecule has 4 N–H and O–H groups in total. The molecule has 10 rings (SSSR count). The summed E-state index contributed by atoms with van der Waals surface area (Å²) in [6.45, 7) is 40.2. The van der Waals surface area contributed by atoms with Gasteiger partial charge < -0.3 is 57.8 Å². The maximum atomic E-state index is 12.1. The van der Waals surface area contributed by atoms with Gasteiger partial charge in [0.15, 0.2) is 0 Å². The first-order chi connectivity index (χ1) is 70.8. The van der Waals surface area contributed by atoms with Crippen LogP contribution in [0.25, 0.3) is 42.5 Å². The van der Waals surface area contributed by atoms with E-state index in [1.807, 2.05) is 246 Å². The summed E-state index contributed by atoms with van der Waals surface area (Å²) in [6.07, 6.45) is 47.2. The summed E-state index contributed by atoms with van der Waals surface area (Å²) in [7, 11) is 2.70. The second-order valence-corrected chi connectivity index (χ2v) is 55.0. The number of aryl methyl sites for hydroxylation is 2. The standard InChI is InChI=1S/C18H16O.C15H20OSi.C14H18OSi.C12H12O.C11H10O.C10H11BrO.C9H9BrO.C7H7I.C6H4FI.2C5H10Si.2C2H6.2CH2O3.2CH4.8K.2H/c1-15-8-10-16(11-9-15)12-13-18-6-3-2-5-17(18)7-4-14-19;1-16-12-7-10-14-8-5-6-9-15(14)11-13-17(2,3)4;1-16(2,3)12-10-14-8-5-4-7-13(14)9-6-11-15;1-3-11-7-4-5-8-12(11)9-6-10-13-2;1-2-10-6-3-4-7-11(10)8-5-9-12;1-12-8-4-6-9-5-2-3-7-10(9)11;10-9-6-2-1-4-8(9)5-3-7-11;1-6-2-4-7(8)5-3-6;7-5-1-3-6(8)4-2-5;2*1-5-6(2,3)4;2*1-2;2*2-1-4-3;;;;;;;;;;;;/h2-11,19H,14H2,1H3;5-10H,12H2,1-4H3;4-9,15H,11H2,1-3H3;1,4-9H,10H2,2H3;1,3-8,12H,9H2;2-7H,8H2,1H3;1-6,11H,7H2;2-5H,1H3;1-4H;2*1H,2-4H3;2*1-2H3;2*1,3H;2*1H4;;;;;;;;;;/q;;;;;;;;;;;;;;;;;;;;;4*+1;2*-1/p-2/b7-4+;10-7+;2*9-6+;8-5+;6-4+;5-3+;;;;;;;;;;;;;;;;;;;;/i;;;;;;;;;;;;;;;2*1D;;;;;;;;;;. The molecule has 0 amide bonds. The van der Waals surface area contributed by atoms with Gasteiger partial charge in [0.25, 0.3) is 12.9 Å². The summed E-state index contributed by atoms with van der Waals surface area (Å²) in [6, 6.07) is 78.4. The van der Waals surface area contributed by atoms with Crippen LogP contribution in [0.4, 0.5) is 4.39 Å². The molecule has 0 bridgehead atoms. The molecule has 150 heavy (non-hydrogen) atoms. The van der Waals surface area contributed by atoms with E-state index in [1.54, 1.807) is 57.8 Å². The average Bonchev–Trinajstić information content (AvgIpc) is 0.881. The molecule has 10 aromatic rings. The van der Waals surface area contributed by atoms with Gasteiger partial charge in [-0.15, -0.1) is 47.9 Å². The first kappa shape index (κ1) is 175. The number of methoxy groups -OCH3 is 3. The molecule has 30 heteroatoms. The zero-order chi connectivity index (χ0) is 115. The van der Waals surface area contributed by atoms with Crippen LogP contribution >= 0.6 is 77.0 Å². The molecule has 768 valence electrons. The summed E-state index contributed by atoms with van der Waals surface area (Å²) >= 11 is 16.3. The van der Waals surface area contributed by atoms with Crippen LogP contribution in [0, 0.1) is 110 Å². The van der Waals surface area contributed by atoms with Crippen molar-refractivity contribution in [2.75, 3.05) is 67.6 Å². The Hall–Kier alpha value is 2.19. The number of hydrogen-bond acceptors (Lipinski definition) is 13. The predicted octanol–water partition coefficient (Wildman–Crippen LogP) is 14.4. The maximum absolute atomic E-state index is 12.1. The number of hydrogen-bond donors (Lipinski definition) is 4. The fourth-order valence-electron chi connectivity index (χ4n) is 8.82. The van der Waals surface area contributed by atoms with Gasteiger partial charge in [-0.3, -0.25) is 9.59 Å². The molecule has 13 nitrogen and oxygen atoms in total. The molecule has 0 aliphatic rings. The molecule has 0 radical (unpaired) electrons. The van der Waals surface area contributed by atoms with E-state index in [-0.39, 0.29) is 254 Å². The van der Waals surface area contributed by atoms with Crippen LogP contribution in [0.3, 0.4) is 0 Å². The molecule has 0 saturated carbocycles. The van der Waals surface area contributed by atoms with Crippen molar-refractivity contribution in [3.8, 4) is 83.4 Å². The van der Waals surface area contributed by atoms with Crippen LogP contribution in [0.2, 0.25) is 78.6 Å². The van der Waals surface area contributed by atoms with E-state index in [2.05, 4.69) is 298 Å². The van der Waals surface area contributed by atoms with Crippen molar-refractivity contribution in [3.05, 3.63) is 391 Å². The number of aliphatic hydroxyl groups excluding tert-OH is 4. The van der Waals surface area contributed by atoms with Crippen molar-refractivity contribution in [3.63, 3.8) is 0 Å². The number of carbonyl (C=O) groups excluding carboxylic acids is 2. The summed E-state index contributed by atoms with van der Waals surface area (Å²) < 4.78 is 42.9. The third-order valence-corrected chi connectivity index (χ3v) is 21.9. The van der Waals surface area contributed by atoms with Gasteiger partial charge >= 0.3 is 332 Å². The van der Waals surface area contributed by atoms with Crippen molar-refractivity contribution >= 4 is 291 Å². The van der Waals surface area contributed by atoms with Gasteiger partial charge in [-0.1, -0.05) is 436 Å². The SMILES string of the molecule is C#C[Si](C)(C)C.C#C[Si](C)(C)C.C#Cc1ccccc1/C=C/CO.C#Cc1ccccc1/C=C/COC.CC.CC.COC/C=C/c1ccccc1Br.COC/C=C/c1ccccc1C#C[Si](C)(C)C.C[Si](C)(C)C#Cc1ccccc1/C=C/CO.Cc1ccc(C#Cc2ccccc2/C=C/CO)cc1.Cc1ccc(I)cc1.Fc1ccc(I)cc1.O=CO[O-].O=CO[O-].OC/C=C/c1ccccc1Br.[2H]C.[2H]C.[H-].[H-].[K+].[K+].[K+].[K+].[K][K].[K][K]. The van der Waals surface area contributed by atoms with Crippen LogP contribution in [0.5, 0.6) is 0 Å². The predicted molar refractivity (Wildman–Crippen MR) is 664 cm³/mol. The van der Waals surface area contributed by atoms with Gasteiger partial charge in [-0.05, 0) is 189 Å². The third kappa shape index (κ3) is 117. The quantitative estimate of drug-likeness (QED) is 0.0149. The zero-order valence-corrected chi connectivity index (χ0v) is 131. The van der Waals surface area contributed by atoms with Gasteiger partial charge in [-0.25, -0.2) is 4.39 Å². The Bertz CT molecular complexity index is 5540. The fourth-order valence-corrected chi connectivity index (χ4v) is 11.4. The molecule has 0 aliphatic carbocycles. The molecular formula is C120H151Br2FI2K8O13Si4. The van der Waals surface area contributed by atoms with Crippen molar-refractivity contribution in [1.82, 2.24) is 0 Å². The molecule has 0 unspecified atom stereocenters. The number of halogens is 5. The Morgan fingerprint density at radius 3 is 0.787 bits per heavy atom. The van der Waals surface area contributed by atoms with E-state index in [4.69, 9.17) is 83.2 Å². The Kier molecular flexibility index (Phi) is 147. The minimum absolute atomic E-state index is 0. The van der Waals surface area contributed by atoms with Gasteiger partial charge in [0, 0.05) is 73.5 Å². The summed E-state index contributed by atoms with van der Waals surface area (Å²) in [5.41, 5.74) is 28.2. The average molecular weight is 2660 g/mol. The fraction of sp³-hybridized carbons (Fsp3) is 0.250. The van der Waals surface area contributed by atoms with Gasteiger partial charge in [-0.2, -0.15) is 0 Å². The molecule has 0 fully saturated rings. The van der Waals surface area contributed by atoms with Crippen LogP contribution in [0.15, 0.2) is 294 Å². The van der Waals surface area contributed by atoms with Gasteiger partial charge in [0.2, 0.25) is 0 Å². The molecular weight excluding hydrogens is 2510 g/mol. The Labute approximate surface area is 1220 Å². The molecule has 0 spiro atoms. The Balaban J connectivity index is -0.000000105. The Morgan fingerprint density at radius 1 is 0.360 bits per heavy atom. The van der Waals surface area contributed by atoms with Crippen LogP contribution in [-0.4, -0.2) is 260 Å². The van der Waals surface area contributed by atoms with Crippen molar-refractivity contribution < 1.29 is 280 Å². The third-order valence-electron chi connectivity index (χ3n) is 15.5. The van der Waals surface area contributed by atoms with Crippen LogP contribution < -0.4 is 216 Å². The van der Waals surface area contributed by atoms with Crippen LogP contribution in [-0.2, 0) is 33.6 Å². The monoisotopic (exact) mass is 2660 g/mol. The van der Waals surface area contributed by atoms with E-state index in [0.29, 0.717) is 19.8 Å². The molecule has 0 atom stereocenters. The molecule has 0 aliphatic heterocycles. The first-order valence-corrected chi connectivity index (χ1v) is 96.2. The summed E-state index contributed by atoms with van der Waals surface area (Å²) in [5.74, 6) is 17.9. The second kappa shape index (κ2) is 127.